The van der Waals surface area contributed by atoms with Gasteiger partial charge in [-0.2, -0.15) is 0 Å². The lowest BCUT2D eigenvalue weighted by atomic mass is 9.79. The Labute approximate surface area is 208 Å². The van der Waals surface area contributed by atoms with Crippen molar-refractivity contribution in [2.45, 2.75) is 45.6 Å². The van der Waals surface area contributed by atoms with E-state index in [0.29, 0.717) is 30.6 Å². The minimum absolute atomic E-state index is 0.392. The molecular weight excluding hydrogens is 461 g/mol. The maximum absolute atomic E-state index is 6.23. The van der Waals surface area contributed by atoms with Crippen molar-refractivity contribution in [2.24, 2.45) is 0 Å². The highest BCUT2D eigenvalue weighted by molar-refractivity contribution is 8.32. The third kappa shape index (κ3) is 4.74. The predicted octanol–water partition coefficient (Wildman–Crippen LogP) is 4.81. The van der Waals surface area contributed by atoms with Gasteiger partial charge in [0.05, 0.1) is 28.8 Å². The highest BCUT2D eigenvalue weighted by Crippen LogP contribution is 2.37. The number of oxazole rings is 1. The van der Waals surface area contributed by atoms with Crippen LogP contribution in [0, 0.1) is 0 Å². The van der Waals surface area contributed by atoms with E-state index in [-0.39, 0.29) is 0 Å². The van der Waals surface area contributed by atoms with Crippen LogP contribution in [0.15, 0.2) is 46.9 Å². The van der Waals surface area contributed by atoms with Crippen LogP contribution in [-0.4, -0.2) is 64.0 Å². The van der Waals surface area contributed by atoms with Gasteiger partial charge in [-0.25, -0.2) is 20.0 Å². The number of nitrogens with zero attached hydrogens (tertiary/aromatic N) is 3. The molecule has 0 amide bonds. The monoisotopic (exact) mass is 495 g/mol. The maximum Gasteiger partial charge on any atom is 0.494 e. The summed E-state index contributed by atoms with van der Waals surface area (Å²) in [6, 6.07) is 13.9. The molecule has 0 unspecified atom stereocenters. The highest BCUT2D eigenvalue weighted by atomic mass is 32.3. The molecule has 0 atom stereocenters. The Kier molecular flexibility index (Phi) is 6.03. The number of imidazole rings is 1. The smallest absolute Gasteiger partial charge is 0.434 e. The van der Waals surface area contributed by atoms with E-state index in [9.17, 15) is 0 Å². The molecule has 2 aromatic carbocycles. The minimum Gasteiger partial charge on any atom is -0.434 e. The van der Waals surface area contributed by atoms with Crippen LogP contribution in [0.4, 0.5) is 0 Å². The zero-order chi connectivity index (χ0) is 25.0. The fourth-order valence-corrected chi connectivity index (χ4v) is 4.61. The number of rotatable bonds is 7. The van der Waals surface area contributed by atoms with E-state index in [1.165, 1.54) is 0 Å². The van der Waals surface area contributed by atoms with Crippen LogP contribution in [0.5, 0.6) is 0 Å². The molecule has 7 nitrogen and oxygen atoms in total. The topological polar surface area (TPSA) is 71.5 Å². The molecule has 5 rings (SSSR count). The summed E-state index contributed by atoms with van der Waals surface area (Å²) in [5.41, 5.74) is 3.40. The molecule has 2 aromatic heterocycles. The van der Waals surface area contributed by atoms with Crippen LogP contribution < -0.4 is 5.46 Å². The summed E-state index contributed by atoms with van der Waals surface area (Å²) in [6.45, 7) is 9.29. The first-order valence-electron chi connectivity index (χ1n) is 11.9. The van der Waals surface area contributed by atoms with Gasteiger partial charge in [0.2, 0.25) is 0 Å². The Bertz CT molecular complexity index is 1360. The zero-order valence-electron chi connectivity index (χ0n) is 21.6. The number of aromatic nitrogens is 3. The molecule has 4 aromatic rings. The van der Waals surface area contributed by atoms with E-state index in [0.717, 1.165) is 27.8 Å². The first kappa shape index (κ1) is 24.4. The van der Waals surface area contributed by atoms with Crippen molar-refractivity contribution >= 4 is 44.7 Å². The summed E-state index contributed by atoms with van der Waals surface area (Å²) in [4.78, 5) is 9.57. The minimum atomic E-state index is -0.614. The average molecular weight is 495 g/mol. The lowest BCUT2D eigenvalue weighted by Crippen LogP contribution is -2.41. The van der Waals surface area contributed by atoms with Crippen molar-refractivity contribution < 1.29 is 18.5 Å². The van der Waals surface area contributed by atoms with Crippen molar-refractivity contribution in [1.29, 1.82) is 0 Å². The van der Waals surface area contributed by atoms with Crippen LogP contribution in [0.2, 0.25) is 0 Å². The van der Waals surface area contributed by atoms with Crippen LogP contribution in [0.3, 0.4) is 0 Å². The first-order chi connectivity index (χ1) is 16.4. The third-order valence-electron chi connectivity index (χ3n) is 6.84. The molecule has 1 saturated heterocycles. The van der Waals surface area contributed by atoms with Gasteiger partial charge in [0.1, 0.15) is 12.2 Å². The van der Waals surface area contributed by atoms with Gasteiger partial charge in [0, 0.05) is 5.75 Å². The number of ether oxygens (including phenoxy) is 1. The van der Waals surface area contributed by atoms with Crippen molar-refractivity contribution in [3.63, 3.8) is 0 Å². The summed E-state index contributed by atoms with van der Waals surface area (Å²) in [5.74, 6) is 2.18. The maximum atomic E-state index is 6.23. The largest absolute Gasteiger partial charge is 0.494 e. The van der Waals surface area contributed by atoms with Gasteiger partial charge in [-0.05, 0) is 76.2 Å². The lowest BCUT2D eigenvalue weighted by molar-refractivity contribution is 0.00578. The molecule has 0 saturated carbocycles. The van der Waals surface area contributed by atoms with Crippen molar-refractivity contribution in [1.82, 2.24) is 14.5 Å². The van der Waals surface area contributed by atoms with Crippen molar-refractivity contribution in [2.75, 3.05) is 31.1 Å². The van der Waals surface area contributed by atoms with Gasteiger partial charge in [0.15, 0.2) is 11.4 Å². The first-order valence-corrected chi connectivity index (χ1v) is 14.9. The van der Waals surface area contributed by atoms with Crippen LogP contribution in [-0.2, 0) is 20.8 Å². The lowest BCUT2D eigenvalue weighted by Gasteiger charge is -2.32. The Morgan fingerprint density at radius 2 is 1.66 bits per heavy atom. The van der Waals surface area contributed by atoms with Crippen LogP contribution in [0.1, 0.15) is 27.7 Å². The molecule has 9 heteroatoms. The molecule has 0 bridgehead atoms. The fraction of sp³-hybridized carbons (Fsp3) is 0.462. The molecule has 0 aliphatic carbocycles. The number of hydrogen-bond donors (Lipinski definition) is 0. The molecule has 0 N–H and O–H groups in total. The quantitative estimate of drug-likeness (QED) is 0.271. The highest BCUT2D eigenvalue weighted by Gasteiger charge is 2.51. The van der Waals surface area contributed by atoms with Gasteiger partial charge < -0.3 is 18.5 Å². The molecule has 1 aliphatic rings. The molecule has 0 spiro atoms. The summed E-state index contributed by atoms with van der Waals surface area (Å²) in [7, 11) is -1.07. The second kappa shape index (κ2) is 8.66. The van der Waals surface area contributed by atoms with Crippen molar-refractivity contribution in [3.8, 4) is 11.7 Å². The Morgan fingerprint density at radius 3 is 2.37 bits per heavy atom. The second-order valence-electron chi connectivity index (χ2n) is 11.0. The molecule has 186 valence electrons. The Morgan fingerprint density at radius 1 is 0.943 bits per heavy atom. The molecule has 3 heterocycles. The Balaban J connectivity index is 1.46. The van der Waals surface area contributed by atoms with Gasteiger partial charge in [-0.3, -0.25) is 4.57 Å². The summed E-state index contributed by atoms with van der Waals surface area (Å²) in [5, 5.41) is 0. The van der Waals surface area contributed by atoms with Crippen LogP contribution >= 0.6 is 10.0 Å². The van der Waals surface area contributed by atoms with Gasteiger partial charge in [-0.15, -0.1) is 0 Å². The third-order valence-corrected chi connectivity index (χ3v) is 8.24. The standard InChI is InChI=1S/C26H34BN3O4S/c1-25(2)26(3,4)34-27(33-25)18-12-13-20-22(16-18)32-24(29-20)23-28-19-10-8-9-11-21(19)30(23)17-31-14-15-35(5,6)7/h8-13,16H,14-15,17H2,1-7H3. The van der Waals surface area contributed by atoms with E-state index >= 15 is 0 Å². The SMILES string of the molecule is CC1(C)OB(c2ccc3nc(-c4nc5ccccc5n4COCCS(C)(C)C)oc3c2)OC1(C)C. The molecule has 1 fully saturated rings. The molecule has 35 heavy (non-hydrogen) atoms. The second-order valence-corrected chi connectivity index (χ2v) is 15.6. The van der Waals surface area contributed by atoms with Gasteiger partial charge in [-0.1, -0.05) is 18.2 Å². The predicted molar refractivity (Wildman–Crippen MR) is 145 cm³/mol. The summed E-state index contributed by atoms with van der Waals surface area (Å²) in [6.07, 6.45) is 6.89. The van der Waals surface area contributed by atoms with Crippen molar-refractivity contribution in [3.05, 3.63) is 42.5 Å². The van der Waals surface area contributed by atoms with E-state index in [4.69, 9.17) is 28.4 Å². The fourth-order valence-electron chi connectivity index (χ4n) is 4.00. The normalized spacial score (nSPS) is 18.1. The molecule has 0 radical (unpaired) electrons. The molecule has 1 aliphatic heterocycles. The molecular formula is C26H34BN3O4S. The zero-order valence-corrected chi connectivity index (χ0v) is 22.4. The van der Waals surface area contributed by atoms with Crippen LogP contribution in [0.25, 0.3) is 33.8 Å². The number of fused-ring (bicyclic) bond motifs is 2. The number of hydrogen-bond acceptors (Lipinski definition) is 6. The van der Waals surface area contributed by atoms with Gasteiger partial charge in [0.25, 0.3) is 5.89 Å². The Hall–Kier alpha value is -2.33. The van der Waals surface area contributed by atoms with E-state index in [2.05, 4.69) is 18.8 Å². The summed E-state index contributed by atoms with van der Waals surface area (Å²) < 4.78 is 26.8. The van der Waals surface area contributed by atoms with Gasteiger partial charge >= 0.3 is 7.12 Å². The number of para-hydroxylation sites is 2. The summed E-state index contributed by atoms with van der Waals surface area (Å²) >= 11 is 0. The number of benzene rings is 2. The van der Waals surface area contributed by atoms with E-state index < -0.39 is 28.3 Å². The van der Waals surface area contributed by atoms with E-state index in [1.54, 1.807) is 0 Å². The average Bonchev–Trinajstić information content (AvgIpc) is 3.41. The van der Waals surface area contributed by atoms with E-state index in [1.807, 2.05) is 74.7 Å².